The molecule has 0 atom stereocenters. The van der Waals surface area contributed by atoms with Crippen LogP contribution in [-0.2, 0) is 11.3 Å². The molecule has 1 aliphatic rings. The van der Waals surface area contributed by atoms with E-state index in [9.17, 15) is 4.79 Å². The third kappa shape index (κ3) is 4.14. The molecule has 1 fully saturated rings. The lowest BCUT2D eigenvalue weighted by Gasteiger charge is -2.22. The fraction of sp³-hybridized carbons (Fsp3) is 0.692. The molecule has 1 aromatic rings. The molecule has 0 unspecified atom stereocenters. The van der Waals surface area contributed by atoms with Crippen LogP contribution in [0.5, 0.6) is 0 Å². The van der Waals surface area contributed by atoms with Crippen LogP contribution in [0.3, 0.4) is 0 Å². The molecule has 0 radical (unpaired) electrons. The lowest BCUT2D eigenvalue weighted by Crippen LogP contribution is -2.29. The van der Waals surface area contributed by atoms with Crippen molar-refractivity contribution >= 4 is 5.91 Å². The summed E-state index contributed by atoms with van der Waals surface area (Å²) in [6, 6.07) is 1.84. The molecule has 2 heterocycles. The molecule has 2 rings (SSSR count). The van der Waals surface area contributed by atoms with E-state index in [0.717, 1.165) is 31.0 Å². The number of nitrogens with one attached hydrogen (secondary N) is 2. The average Bonchev–Trinajstić information content (AvgIpc) is 2.81. The third-order valence-corrected chi connectivity index (χ3v) is 3.38. The number of aromatic nitrogens is 1. The van der Waals surface area contributed by atoms with Gasteiger partial charge in [0.15, 0.2) is 0 Å². The van der Waals surface area contributed by atoms with Gasteiger partial charge >= 0.3 is 0 Å². The molecule has 0 aromatic carbocycles. The number of rotatable bonds is 5. The number of piperidine rings is 1. The number of aryl methyl sites for hydroxylation is 1. The minimum Gasteiger partial charge on any atom is -0.361 e. The van der Waals surface area contributed by atoms with E-state index in [1.807, 2.05) is 13.0 Å². The molecule has 1 aliphatic heterocycles. The van der Waals surface area contributed by atoms with Crippen LogP contribution in [0.25, 0.3) is 0 Å². The van der Waals surface area contributed by atoms with Crippen LogP contribution < -0.4 is 10.6 Å². The largest absolute Gasteiger partial charge is 0.361 e. The second-order valence-electron chi connectivity index (χ2n) is 4.94. The van der Waals surface area contributed by atoms with Gasteiger partial charge in [0.2, 0.25) is 5.91 Å². The molecule has 0 aliphatic carbocycles. The van der Waals surface area contributed by atoms with Crippen molar-refractivity contribution < 1.29 is 9.32 Å². The predicted molar refractivity (Wildman–Crippen MR) is 67.9 cm³/mol. The summed E-state index contributed by atoms with van der Waals surface area (Å²) in [6.45, 7) is 4.48. The van der Waals surface area contributed by atoms with Crippen molar-refractivity contribution in [2.45, 2.75) is 39.2 Å². The van der Waals surface area contributed by atoms with Crippen molar-refractivity contribution in [1.82, 2.24) is 15.8 Å². The summed E-state index contributed by atoms with van der Waals surface area (Å²) in [7, 11) is 0. The second kappa shape index (κ2) is 6.54. The summed E-state index contributed by atoms with van der Waals surface area (Å²) in [5.74, 6) is 1.58. The van der Waals surface area contributed by atoms with E-state index in [0.29, 0.717) is 18.9 Å². The summed E-state index contributed by atoms with van der Waals surface area (Å²) in [4.78, 5) is 11.7. The van der Waals surface area contributed by atoms with Crippen molar-refractivity contribution in [1.29, 1.82) is 0 Å². The van der Waals surface area contributed by atoms with E-state index < -0.39 is 0 Å². The number of hydrogen-bond acceptors (Lipinski definition) is 4. The Morgan fingerprint density at radius 2 is 2.33 bits per heavy atom. The first-order valence-corrected chi connectivity index (χ1v) is 6.63. The summed E-state index contributed by atoms with van der Waals surface area (Å²) in [5, 5.41) is 10.0. The molecule has 2 N–H and O–H groups in total. The molecule has 5 nitrogen and oxygen atoms in total. The Morgan fingerprint density at radius 3 is 3.00 bits per heavy atom. The highest BCUT2D eigenvalue weighted by Gasteiger charge is 2.14. The maximum atomic E-state index is 11.7. The Balaban J connectivity index is 1.62. The molecule has 100 valence electrons. The van der Waals surface area contributed by atoms with Gasteiger partial charge in [-0.25, -0.2) is 0 Å². The SMILES string of the molecule is Cc1cc(CNC(=O)CCC2CCNCC2)no1. The molecule has 0 spiro atoms. The lowest BCUT2D eigenvalue weighted by atomic mass is 9.93. The molecule has 0 bridgehead atoms. The molecular formula is C13H21N3O2. The van der Waals surface area contributed by atoms with Gasteiger partial charge in [0, 0.05) is 12.5 Å². The smallest absolute Gasteiger partial charge is 0.220 e. The van der Waals surface area contributed by atoms with Crippen LogP contribution in [-0.4, -0.2) is 24.2 Å². The third-order valence-electron chi connectivity index (χ3n) is 3.38. The zero-order valence-corrected chi connectivity index (χ0v) is 10.9. The average molecular weight is 251 g/mol. The van der Waals surface area contributed by atoms with Gasteiger partial charge in [-0.2, -0.15) is 0 Å². The predicted octanol–water partition coefficient (Wildman–Crippen LogP) is 1.38. The first kappa shape index (κ1) is 13.1. The maximum absolute atomic E-state index is 11.7. The highest BCUT2D eigenvalue weighted by molar-refractivity contribution is 5.75. The van der Waals surface area contributed by atoms with Crippen molar-refractivity contribution in [3.63, 3.8) is 0 Å². The molecule has 1 amide bonds. The highest BCUT2D eigenvalue weighted by atomic mass is 16.5. The number of carbonyl (C=O) groups is 1. The van der Waals surface area contributed by atoms with E-state index in [4.69, 9.17) is 4.52 Å². The number of amides is 1. The molecule has 0 saturated carbocycles. The minimum atomic E-state index is 0.106. The fourth-order valence-corrected chi connectivity index (χ4v) is 2.28. The lowest BCUT2D eigenvalue weighted by molar-refractivity contribution is -0.121. The molecule has 1 saturated heterocycles. The second-order valence-corrected chi connectivity index (χ2v) is 4.94. The van der Waals surface area contributed by atoms with Crippen molar-refractivity contribution in [2.75, 3.05) is 13.1 Å². The Hall–Kier alpha value is -1.36. The van der Waals surface area contributed by atoms with Gasteiger partial charge in [-0.3, -0.25) is 4.79 Å². The van der Waals surface area contributed by atoms with E-state index in [-0.39, 0.29) is 5.91 Å². The van der Waals surface area contributed by atoms with Crippen molar-refractivity contribution in [3.8, 4) is 0 Å². The molecule has 18 heavy (non-hydrogen) atoms. The Morgan fingerprint density at radius 1 is 1.56 bits per heavy atom. The van der Waals surface area contributed by atoms with E-state index in [2.05, 4.69) is 15.8 Å². The van der Waals surface area contributed by atoms with Gasteiger partial charge in [-0.1, -0.05) is 5.16 Å². The summed E-state index contributed by atoms with van der Waals surface area (Å²) in [6.07, 6.45) is 3.98. The van der Waals surface area contributed by atoms with Crippen LogP contribution in [0.1, 0.15) is 37.1 Å². The first-order chi connectivity index (χ1) is 8.74. The number of nitrogens with zero attached hydrogens (tertiary/aromatic N) is 1. The van der Waals surface area contributed by atoms with Crippen LogP contribution in [0.2, 0.25) is 0 Å². The highest BCUT2D eigenvalue weighted by Crippen LogP contribution is 2.17. The molecule has 1 aromatic heterocycles. The fourth-order valence-electron chi connectivity index (χ4n) is 2.28. The topological polar surface area (TPSA) is 67.2 Å². The first-order valence-electron chi connectivity index (χ1n) is 6.63. The maximum Gasteiger partial charge on any atom is 0.220 e. The summed E-state index contributed by atoms with van der Waals surface area (Å²) < 4.78 is 4.94. The van der Waals surface area contributed by atoms with Crippen molar-refractivity contribution in [3.05, 3.63) is 17.5 Å². The normalized spacial score (nSPS) is 16.7. The van der Waals surface area contributed by atoms with Gasteiger partial charge in [-0.05, 0) is 45.2 Å². The Bertz CT molecular complexity index is 383. The van der Waals surface area contributed by atoms with Gasteiger partial charge in [-0.15, -0.1) is 0 Å². The Labute approximate surface area is 107 Å². The molecular weight excluding hydrogens is 230 g/mol. The van der Waals surface area contributed by atoms with Gasteiger partial charge in [0.1, 0.15) is 11.5 Å². The summed E-state index contributed by atoms with van der Waals surface area (Å²) in [5.41, 5.74) is 0.780. The molecule has 5 heteroatoms. The number of hydrogen-bond donors (Lipinski definition) is 2. The van der Waals surface area contributed by atoms with Gasteiger partial charge in [0.05, 0.1) is 6.54 Å². The van der Waals surface area contributed by atoms with E-state index >= 15 is 0 Å². The zero-order chi connectivity index (χ0) is 12.8. The van der Waals surface area contributed by atoms with Crippen LogP contribution in [0, 0.1) is 12.8 Å². The van der Waals surface area contributed by atoms with E-state index in [1.54, 1.807) is 0 Å². The van der Waals surface area contributed by atoms with E-state index in [1.165, 1.54) is 12.8 Å². The monoisotopic (exact) mass is 251 g/mol. The summed E-state index contributed by atoms with van der Waals surface area (Å²) >= 11 is 0. The zero-order valence-electron chi connectivity index (χ0n) is 10.9. The standard InChI is InChI=1S/C13H21N3O2/c1-10-8-12(16-18-10)9-15-13(17)3-2-11-4-6-14-7-5-11/h8,11,14H,2-7,9H2,1H3,(H,15,17). The minimum absolute atomic E-state index is 0.106. The van der Waals surface area contributed by atoms with Crippen LogP contribution >= 0.6 is 0 Å². The van der Waals surface area contributed by atoms with Crippen LogP contribution in [0.4, 0.5) is 0 Å². The quantitative estimate of drug-likeness (QED) is 0.829. The van der Waals surface area contributed by atoms with Gasteiger partial charge < -0.3 is 15.2 Å². The van der Waals surface area contributed by atoms with Crippen LogP contribution in [0.15, 0.2) is 10.6 Å². The van der Waals surface area contributed by atoms with Crippen molar-refractivity contribution in [2.24, 2.45) is 5.92 Å². The Kier molecular flexibility index (Phi) is 4.75. The van der Waals surface area contributed by atoms with Gasteiger partial charge in [0.25, 0.3) is 0 Å². The number of carbonyl (C=O) groups excluding carboxylic acids is 1.